The third kappa shape index (κ3) is 2.76. The van der Waals surface area contributed by atoms with Crippen molar-refractivity contribution in [1.82, 2.24) is 0 Å². The van der Waals surface area contributed by atoms with E-state index in [2.05, 4.69) is 20.8 Å². The van der Waals surface area contributed by atoms with Crippen LogP contribution in [0.4, 0.5) is 0 Å². The molecular formula is C10H16OSe. The van der Waals surface area contributed by atoms with Gasteiger partial charge in [0.25, 0.3) is 0 Å². The zero-order chi connectivity index (χ0) is 9.19. The van der Waals surface area contributed by atoms with Crippen molar-refractivity contribution in [2.24, 2.45) is 5.41 Å². The van der Waals surface area contributed by atoms with Gasteiger partial charge in [-0.15, -0.1) is 0 Å². The number of ketones is 1. The van der Waals surface area contributed by atoms with Crippen LogP contribution in [0, 0.1) is 5.41 Å². The van der Waals surface area contributed by atoms with Crippen LogP contribution in [0.1, 0.15) is 33.6 Å². The number of hydrogen-bond donors (Lipinski definition) is 0. The summed E-state index contributed by atoms with van der Waals surface area (Å²) >= 11 is 0.560. The molecule has 1 aliphatic rings. The zero-order valence-electron chi connectivity index (χ0n) is 8.02. The molecule has 0 aromatic carbocycles. The van der Waals surface area contributed by atoms with E-state index in [-0.39, 0.29) is 5.41 Å². The van der Waals surface area contributed by atoms with Gasteiger partial charge in [-0.25, -0.2) is 0 Å². The summed E-state index contributed by atoms with van der Waals surface area (Å²) in [6.07, 6.45) is 3.75. The van der Waals surface area contributed by atoms with Crippen molar-refractivity contribution in [2.45, 2.75) is 38.9 Å². The van der Waals surface area contributed by atoms with Crippen LogP contribution in [-0.4, -0.2) is 20.7 Å². The van der Waals surface area contributed by atoms with Crippen molar-refractivity contribution in [2.75, 3.05) is 0 Å². The molecule has 0 unspecified atom stereocenters. The number of allylic oxidation sites excluding steroid dienone is 2. The summed E-state index contributed by atoms with van der Waals surface area (Å²) in [5, 5.41) is 1.24. The van der Waals surface area contributed by atoms with Crippen LogP contribution in [0.2, 0.25) is 5.32 Å². The Morgan fingerprint density at radius 3 is 2.67 bits per heavy atom. The predicted octanol–water partition coefficient (Wildman–Crippen LogP) is 2.40. The first kappa shape index (κ1) is 10.0. The van der Waals surface area contributed by atoms with Gasteiger partial charge in [0, 0.05) is 0 Å². The molecule has 0 fully saturated rings. The standard InChI is InChI=1S/C10H16OSe/c1-10(2,3)9-7-8(11)5-4-6-12-9/h7H,4-6H2,1-3H3. The Balaban J connectivity index is 2.80. The third-order valence-electron chi connectivity index (χ3n) is 1.86. The summed E-state index contributed by atoms with van der Waals surface area (Å²) in [4.78, 5) is 11.3. The Labute approximate surface area is 80.8 Å². The normalized spacial score (nSPS) is 20.2. The average molecular weight is 231 g/mol. The minimum atomic E-state index is 0.208. The fourth-order valence-electron chi connectivity index (χ4n) is 1.12. The quantitative estimate of drug-likeness (QED) is 0.585. The second-order valence-corrected chi connectivity index (χ2v) is 6.56. The van der Waals surface area contributed by atoms with Crippen LogP contribution in [0.5, 0.6) is 0 Å². The van der Waals surface area contributed by atoms with Crippen molar-refractivity contribution >= 4 is 20.7 Å². The first-order chi connectivity index (χ1) is 5.50. The van der Waals surface area contributed by atoms with Gasteiger partial charge in [-0.2, -0.15) is 0 Å². The van der Waals surface area contributed by atoms with Crippen LogP contribution < -0.4 is 0 Å². The SMILES string of the molecule is CC(C)(C)C1=CC(=O)CCC[Se]1. The van der Waals surface area contributed by atoms with E-state index in [0.29, 0.717) is 20.7 Å². The van der Waals surface area contributed by atoms with Gasteiger partial charge in [-0.05, 0) is 0 Å². The summed E-state index contributed by atoms with van der Waals surface area (Å²) in [5.41, 5.74) is 0.208. The van der Waals surface area contributed by atoms with Crippen molar-refractivity contribution in [1.29, 1.82) is 0 Å². The van der Waals surface area contributed by atoms with Crippen LogP contribution in [-0.2, 0) is 4.79 Å². The molecule has 0 amide bonds. The van der Waals surface area contributed by atoms with Crippen molar-refractivity contribution < 1.29 is 4.79 Å². The molecule has 1 aliphatic heterocycles. The summed E-state index contributed by atoms with van der Waals surface area (Å²) < 4.78 is 1.39. The summed E-state index contributed by atoms with van der Waals surface area (Å²) in [6.45, 7) is 6.58. The van der Waals surface area contributed by atoms with E-state index in [1.807, 2.05) is 6.08 Å². The van der Waals surface area contributed by atoms with E-state index in [0.717, 1.165) is 12.8 Å². The van der Waals surface area contributed by atoms with E-state index in [1.165, 1.54) is 9.79 Å². The molecular weight excluding hydrogens is 215 g/mol. The monoisotopic (exact) mass is 232 g/mol. The number of carbonyl (C=O) groups excluding carboxylic acids is 1. The topological polar surface area (TPSA) is 17.1 Å². The molecule has 1 nitrogen and oxygen atoms in total. The van der Waals surface area contributed by atoms with E-state index >= 15 is 0 Å². The van der Waals surface area contributed by atoms with Gasteiger partial charge in [0.05, 0.1) is 0 Å². The maximum absolute atomic E-state index is 11.3. The van der Waals surface area contributed by atoms with Crippen LogP contribution in [0.15, 0.2) is 10.5 Å². The molecule has 0 aromatic heterocycles. The molecule has 0 bridgehead atoms. The molecule has 12 heavy (non-hydrogen) atoms. The molecule has 0 radical (unpaired) electrons. The predicted molar refractivity (Wildman–Crippen MR) is 52.3 cm³/mol. The Morgan fingerprint density at radius 1 is 1.42 bits per heavy atom. The third-order valence-corrected chi connectivity index (χ3v) is 5.07. The molecule has 2 heteroatoms. The van der Waals surface area contributed by atoms with Gasteiger partial charge in [0.2, 0.25) is 0 Å². The Kier molecular flexibility index (Phi) is 3.14. The van der Waals surface area contributed by atoms with Gasteiger partial charge in [-0.3, -0.25) is 0 Å². The molecule has 1 rings (SSSR count). The van der Waals surface area contributed by atoms with Gasteiger partial charge in [0.1, 0.15) is 0 Å². The van der Waals surface area contributed by atoms with Crippen LogP contribution in [0.25, 0.3) is 0 Å². The Hall–Kier alpha value is -0.0705. The Bertz CT molecular complexity index is 210. The van der Waals surface area contributed by atoms with Gasteiger partial charge in [0.15, 0.2) is 0 Å². The van der Waals surface area contributed by atoms with E-state index in [4.69, 9.17) is 0 Å². The number of hydrogen-bond acceptors (Lipinski definition) is 1. The zero-order valence-corrected chi connectivity index (χ0v) is 9.73. The molecule has 0 aliphatic carbocycles. The average Bonchev–Trinajstić information content (AvgIpc) is 2.11. The van der Waals surface area contributed by atoms with E-state index < -0.39 is 0 Å². The van der Waals surface area contributed by atoms with Crippen molar-refractivity contribution in [3.63, 3.8) is 0 Å². The molecule has 1 heterocycles. The van der Waals surface area contributed by atoms with Gasteiger partial charge >= 0.3 is 80.4 Å². The van der Waals surface area contributed by atoms with Crippen LogP contribution >= 0.6 is 0 Å². The van der Waals surface area contributed by atoms with Gasteiger partial charge in [-0.1, -0.05) is 0 Å². The first-order valence-electron chi connectivity index (χ1n) is 4.38. The summed E-state index contributed by atoms with van der Waals surface area (Å²) in [5.74, 6) is 0.333. The molecule has 0 saturated heterocycles. The second kappa shape index (κ2) is 3.76. The number of carbonyl (C=O) groups is 1. The van der Waals surface area contributed by atoms with Crippen molar-refractivity contribution in [3.8, 4) is 0 Å². The van der Waals surface area contributed by atoms with Crippen LogP contribution in [0.3, 0.4) is 0 Å². The Morgan fingerprint density at radius 2 is 2.08 bits per heavy atom. The minimum absolute atomic E-state index is 0.208. The summed E-state index contributed by atoms with van der Waals surface area (Å²) in [7, 11) is 0. The van der Waals surface area contributed by atoms with Gasteiger partial charge < -0.3 is 0 Å². The van der Waals surface area contributed by atoms with Crippen molar-refractivity contribution in [3.05, 3.63) is 10.5 Å². The molecule has 0 atom stereocenters. The molecule has 68 valence electrons. The molecule has 0 saturated carbocycles. The molecule has 0 N–H and O–H groups in total. The molecule has 0 spiro atoms. The summed E-state index contributed by atoms with van der Waals surface area (Å²) in [6, 6.07) is 0. The fraction of sp³-hybridized carbons (Fsp3) is 0.700. The van der Waals surface area contributed by atoms with E-state index in [9.17, 15) is 4.79 Å². The molecule has 0 aromatic rings. The van der Waals surface area contributed by atoms with E-state index in [1.54, 1.807) is 0 Å². The maximum atomic E-state index is 11.3. The second-order valence-electron chi connectivity index (χ2n) is 4.18. The first-order valence-corrected chi connectivity index (χ1v) is 6.45. The fourth-order valence-corrected chi connectivity index (χ4v) is 3.55. The number of rotatable bonds is 0.